The average Bonchev–Trinajstić information content (AvgIpc) is 2.46. The number of carbonyl (C=O) groups excluding carboxylic acids is 2. The Morgan fingerprint density at radius 2 is 2.00 bits per heavy atom. The van der Waals surface area contributed by atoms with E-state index in [1.165, 1.54) is 0 Å². The number of carbonyl (C=O) groups is 2. The van der Waals surface area contributed by atoms with Gasteiger partial charge in [0, 0.05) is 11.1 Å². The Morgan fingerprint density at radius 3 is 2.80 bits per heavy atom. The summed E-state index contributed by atoms with van der Waals surface area (Å²) in [6.45, 7) is 1.91. The summed E-state index contributed by atoms with van der Waals surface area (Å²) in [5.74, 6) is 0.314. The monoisotopic (exact) mass is 267 g/mol. The van der Waals surface area contributed by atoms with Gasteiger partial charge in [0.25, 0.3) is 5.91 Å². The lowest BCUT2D eigenvalue weighted by atomic mass is 9.98. The lowest BCUT2D eigenvalue weighted by molar-refractivity contribution is -0.118. The molecule has 4 nitrogen and oxygen atoms in total. The molecule has 1 N–H and O–H groups in total. The van der Waals surface area contributed by atoms with Crippen LogP contribution < -0.4 is 10.1 Å². The van der Waals surface area contributed by atoms with Crippen LogP contribution in [0.1, 0.15) is 21.5 Å². The lowest BCUT2D eigenvalue weighted by Crippen LogP contribution is -2.25. The number of nitrogens with one attached hydrogen (secondary N) is 1. The zero-order valence-corrected chi connectivity index (χ0v) is 11.0. The van der Waals surface area contributed by atoms with Crippen molar-refractivity contribution in [2.75, 3.05) is 11.9 Å². The van der Waals surface area contributed by atoms with Crippen molar-refractivity contribution >= 4 is 17.4 Å². The third kappa shape index (κ3) is 2.16. The molecule has 0 spiro atoms. The summed E-state index contributed by atoms with van der Waals surface area (Å²) in [5, 5.41) is 2.71. The maximum absolute atomic E-state index is 12.5. The Bertz CT molecular complexity index is 707. The molecule has 0 saturated carbocycles. The van der Waals surface area contributed by atoms with E-state index in [0.29, 0.717) is 22.6 Å². The first-order valence-corrected chi connectivity index (χ1v) is 6.32. The van der Waals surface area contributed by atoms with E-state index in [-0.39, 0.29) is 18.3 Å². The number of hydrogen-bond acceptors (Lipinski definition) is 3. The summed E-state index contributed by atoms with van der Waals surface area (Å²) in [6.07, 6.45) is 0. The van der Waals surface area contributed by atoms with Crippen molar-refractivity contribution in [3.8, 4) is 5.75 Å². The molecule has 0 radical (unpaired) electrons. The summed E-state index contributed by atoms with van der Waals surface area (Å²) in [5.41, 5.74) is 2.66. The molecule has 100 valence electrons. The highest BCUT2D eigenvalue weighted by molar-refractivity contribution is 6.11. The summed E-state index contributed by atoms with van der Waals surface area (Å²) < 4.78 is 5.28. The van der Waals surface area contributed by atoms with Gasteiger partial charge in [0.2, 0.25) is 0 Å². The van der Waals surface area contributed by atoms with Crippen molar-refractivity contribution in [3.63, 3.8) is 0 Å². The fraction of sp³-hybridized carbons (Fsp3) is 0.125. The summed E-state index contributed by atoms with van der Waals surface area (Å²) in [7, 11) is 0. The van der Waals surface area contributed by atoms with E-state index in [2.05, 4.69) is 5.32 Å². The van der Waals surface area contributed by atoms with E-state index in [0.717, 1.165) is 5.56 Å². The molecular formula is C16H13NO3. The van der Waals surface area contributed by atoms with Crippen molar-refractivity contribution in [1.82, 2.24) is 0 Å². The van der Waals surface area contributed by atoms with Gasteiger partial charge in [-0.15, -0.1) is 0 Å². The minimum atomic E-state index is -0.210. The number of rotatable bonds is 2. The third-order valence-corrected chi connectivity index (χ3v) is 3.26. The highest BCUT2D eigenvalue weighted by Crippen LogP contribution is 2.29. The fourth-order valence-corrected chi connectivity index (χ4v) is 2.21. The van der Waals surface area contributed by atoms with Gasteiger partial charge < -0.3 is 10.1 Å². The second kappa shape index (κ2) is 4.81. The molecule has 20 heavy (non-hydrogen) atoms. The third-order valence-electron chi connectivity index (χ3n) is 3.26. The number of anilines is 1. The number of benzene rings is 2. The van der Waals surface area contributed by atoms with Gasteiger partial charge in [-0.2, -0.15) is 0 Å². The number of hydrogen-bond donors (Lipinski definition) is 1. The minimum absolute atomic E-state index is 0.0120. The van der Waals surface area contributed by atoms with E-state index < -0.39 is 0 Å². The lowest BCUT2D eigenvalue weighted by Gasteiger charge is -2.18. The molecule has 0 saturated heterocycles. The molecule has 0 atom stereocenters. The number of ether oxygens (including phenoxy) is 1. The molecule has 1 aliphatic heterocycles. The SMILES string of the molecule is Cc1ccccc1C(=O)c1ccc2c(c1)NC(=O)CO2. The van der Waals surface area contributed by atoms with Crippen LogP contribution in [-0.2, 0) is 4.79 Å². The molecule has 0 unspecified atom stereocenters. The standard InChI is InChI=1S/C16H13NO3/c1-10-4-2-3-5-12(10)16(19)11-6-7-14-13(8-11)17-15(18)9-20-14/h2-8H,9H2,1H3,(H,17,18). The van der Waals surface area contributed by atoms with Crippen LogP contribution in [0.4, 0.5) is 5.69 Å². The first-order valence-electron chi connectivity index (χ1n) is 6.32. The van der Waals surface area contributed by atoms with Crippen molar-refractivity contribution in [2.45, 2.75) is 6.92 Å². The van der Waals surface area contributed by atoms with Gasteiger partial charge in [-0.1, -0.05) is 24.3 Å². The van der Waals surface area contributed by atoms with Crippen molar-refractivity contribution in [1.29, 1.82) is 0 Å². The Kier molecular flexibility index (Phi) is 2.99. The molecule has 0 aromatic heterocycles. The van der Waals surface area contributed by atoms with E-state index in [4.69, 9.17) is 4.74 Å². The highest BCUT2D eigenvalue weighted by atomic mass is 16.5. The molecule has 2 aromatic carbocycles. The highest BCUT2D eigenvalue weighted by Gasteiger charge is 2.18. The number of ketones is 1. The van der Waals surface area contributed by atoms with Crippen molar-refractivity contribution in [2.24, 2.45) is 0 Å². The van der Waals surface area contributed by atoms with Gasteiger partial charge in [0.05, 0.1) is 5.69 Å². The van der Waals surface area contributed by atoms with E-state index in [9.17, 15) is 9.59 Å². The van der Waals surface area contributed by atoms with E-state index in [1.54, 1.807) is 24.3 Å². The largest absolute Gasteiger partial charge is 0.482 e. The Labute approximate surface area is 116 Å². The molecule has 0 aliphatic carbocycles. The first-order chi connectivity index (χ1) is 9.65. The second-order valence-electron chi connectivity index (χ2n) is 4.69. The van der Waals surface area contributed by atoms with Crippen molar-refractivity contribution < 1.29 is 14.3 Å². The van der Waals surface area contributed by atoms with E-state index in [1.807, 2.05) is 25.1 Å². The summed E-state index contributed by atoms with van der Waals surface area (Å²) in [6, 6.07) is 12.5. The van der Waals surface area contributed by atoms with Gasteiger partial charge >= 0.3 is 0 Å². The molecular weight excluding hydrogens is 254 g/mol. The van der Waals surface area contributed by atoms with Gasteiger partial charge in [0.1, 0.15) is 5.75 Å². The predicted molar refractivity (Wildman–Crippen MR) is 75.2 cm³/mol. The molecule has 4 heteroatoms. The predicted octanol–water partition coefficient (Wildman–Crippen LogP) is 2.56. The maximum atomic E-state index is 12.5. The van der Waals surface area contributed by atoms with Gasteiger partial charge in [-0.3, -0.25) is 9.59 Å². The van der Waals surface area contributed by atoms with Crippen molar-refractivity contribution in [3.05, 3.63) is 59.2 Å². The van der Waals surface area contributed by atoms with Crippen LogP contribution in [0.15, 0.2) is 42.5 Å². The van der Waals surface area contributed by atoms with Crippen LogP contribution in [0.2, 0.25) is 0 Å². The van der Waals surface area contributed by atoms with Gasteiger partial charge in [-0.25, -0.2) is 0 Å². The summed E-state index contributed by atoms with van der Waals surface area (Å²) in [4.78, 5) is 23.8. The molecule has 1 aliphatic rings. The molecule has 0 fully saturated rings. The zero-order chi connectivity index (χ0) is 14.1. The minimum Gasteiger partial charge on any atom is -0.482 e. The Hall–Kier alpha value is -2.62. The fourth-order valence-electron chi connectivity index (χ4n) is 2.21. The van der Waals surface area contributed by atoms with E-state index >= 15 is 0 Å². The molecule has 2 aromatic rings. The van der Waals surface area contributed by atoms with Crippen LogP contribution in [0.25, 0.3) is 0 Å². The quantitative estimate of drug-likeness (QED) is 0.851. The number of fused-ring (bicyclic) bond motifs is 1. The van der Waals surface area contributed by atoms with Gasteiger partial charge in [0.15, 0.2) is 12.4 Å². The number of amides is 1. The first kappa shape index (κ1) is 12.4. The van der Waals surface area contributed by atoms with Crippen LogP contribution >= 0.6 is 0 Å². The Morgan fingerprint density at radius 1 is 1.20 bits per heavy atom. The second-order valence-corrected chi connectivity index (χ2v) is 4.69. The summed E-state index contributed by atoms with van der Waals surface area (Å²) >= 11 is 0. The topological polar surface area (TPSA) is 55.4 Å². The van der Waals surface area contributed by atoms with Crippen LogP contribution in [0, 0.1) is 6.92 Å². The zero-order valence-electron chi connectivity index (χ0n) is 11.0. The smallest absolute Gasteiger partial charge is 0.262 e. The van der Waals surface area contributed by atoms with Gasteiger partial charge in [-0.05, 0) is 30.7 Å². The maximum Gasteiger partial charge on any atom is 0.262 e. The number of aryl methyl sites for hydroxylation is 1. The Balaban J connectivity index is 1.99. The molecule has 3 rings (SSSR count). The molecule has 1 heterocycles. The van der Waals surface area contributed by atoms with Crippen LogP contribution in [0.5, 0.6) is 5.75 Å². The molecule has 1 amide bonds. The average molecular weight is 267 g/mol. The van der Waals surface area contributed by atoms with Crippen LogP contribution in [-0.4, -0.2) is 18.3 Å². The van der Waals surface area contributed by atoms with Crippen LogP contribution in [0.3, 0.4) is 0 Å². The molecule has 0 bridgehead atoms. The normalized spacial score (nSPS) is 13.2.